The zero-order valence-electron chi connectivity index (χ0n) is 13.1. The molecule has 2 saturated heterocycles. The lowest BCUT2D eigenvalue weighted by Gasteiger charge is -2.34. The van der Waals surface area contributed by atoms with E-state index < -0.39 is 0 Å². The summed E-state index contributed by atoms with van der Waals surface area (Å²) in [6, 6.07) is 1.35. The van der Waals surface area contributed by atoms with Gasteiger partial charge in [-0.25, -0.2) is 0 Å². The number of guanidine groups is 1. The van der Waals surface area contributed by atoms with Crippen molar-refractivity contribution in [1.29, 1.82) is 0 Å². The molecule has 1 aliphatic carbocycles. The first-order valence-corrected chi connectivity index (χ1v) is 8.24. The van der Waals surface area contributed by atoms with Gasteiger partial charge < -0.3 is 15.0 Å². The predicted octanol–water partition coefficient (Wildman–Crippen LogP) is 1.53. The van der Waals surface area contributed by atoms with Crippen LogP contribution in [-0.2, 0) is 4.74 Å². The van der Waals surface area contributed by atoms with Gasteiger partial charge in [-0.15, -0.1) is 24.0 Å². The van der Waals surface area contributed by atoms with Crippen LogP contribution in [0.1, 0.15) is 32.6 Å². The van der Waals surface area contributed by atoms with Crippen molar-refractivity contribution >= 4 is 29.9 Å². The molecule has 5 nitrogen and oxygen atoms in total. The lowest BCUT2D eigenvalue weighted by Crippen LogP contribution is -2.49. The molecule has 21 heavy (non-hydrogen) atoms. The summed E-state index contributed by atoms with van der Waals surface area (Å²) in [5, 5.41) is 3.65. The summed E-state index contributed by atoms with van der Waals surface area (Å²) in [5.41, 5.74) is 0. The van der Waals surface area contributed by atoms with Crippen LogP contribution in [0.2, 0.25) is 0 Å². The van der Waals surface area contributed by atoms with E-state index in [0.29, 0.717) is 12.1 Å². The number of aliphatic imine (C=N–C) groups is 1. The van der Waals surface area contributed by atoms with Gasteiger partial charge in [-0.2, -0.15) is 0 Å². The van der Waals surface area contributed by atoms with Crippen molar-refractivity contribution in [2.24, 2.45) is 4.99 Å². The monoisotopic (exact) mass is 408 g/mol. The SMILES string of the molecule is CCN=C(NC1CCC1)N1CCC(N2CCOCC2)C1.I. The number of nitrogens with one attached hydrogen (secondary N) is 1. The zero-order valence-corrected chi connectivity index (χ0v) is 15.4. The molecule has 1 unspecified atom stereocenters. The molecule has 6 heteroatoms. The smallest absolute Gasteiger partial charge is 0.194 e. The molecule has 0 aromatic heterocycles. The van der Waals surface area contributed by atoms with Crippen molar-refractivity contribution in [2.75, 3.05) is 45.9 Å². The Bertz CT molecular complexity index is 343. The number of hydrogen-bond acceptors (Lipinski definition) is 3. The topological polar surface area (TPSA) is 40.1 Å². The maximum atomic E-state index is 5.46. The van der Waals surface area contributed by atoms with Crippen LogP contribution in [0.5, 0.6) is 0 Å². The highest BCUT2D eigenvalue weighted by Crippen LogP contribution is 2.21. The summed E-state index contributed by atoms with van der Waals surface area (Å²) < 4.78 is 5.46. The minimum Gasteiger partial charge on any atom is -0.379 e. The lowest BCUT2D eigenvalue weighted by molar-refractivity contribution is 0.0194. The normalized spacial score (nSPS) is 28.1. The van der Waals surface area contributed by atoms with E-state index in [1.165, 1.54) is 25.7 Å². The molecule has 0 amide bonds. The summed E-state index contributed by atoms with van der Waals surface area (Å²) in [6.07, 6.45) is 5.25. The van der Waals surface area contributed by atoms with Gasteiger partial charge in [0.1, 0.15) is 0 Å². The summed E-state index contributed by atoms with van der Waals surface area (Å²) in [7, 11) is 0. The van der Waals surface area contributed by atoms with E-state index in [-0.39, 0.29) is 24.0 Å². The lowest BCUT2D eigenvalue weighted by atomic mass is 9.93. The van der Waals surface area contributed by atoms with Crippen molar-refractivity contribution in [2.45, 2.75) is 44.7 Å². The Hall–Kier alpha value is -0.0800. The Balaban J connectivity index is 0.00000161. The van der Waals surface area contributed by atoms with E-state index in [9.17, 15) is 0 Å². The molecule has 0 aromatic carbocycles. The second kappa shape index (κ2) is 8.53. The molecule has 3 rings (SSSR count). The fraction of sp³-hybridized carbons (Fsp3) is 0.933. The highest BCUT2D eigenvalue weighted by molar-refractivity contribution is 14.0. The Morgan fingerprint density at radius 3 is 2.57 bits per heavy atom. The van der Waals surface area contributed by atoms with Crippen molar-refractivity contribution < 1.29 is 4.74 Å². The van der Waals surface area contributed by atoms with Gasteiger partial charge in [-0.05, 0) is 32.6 Å². The van der Waals surface area contributed by atoms with Crippen molar-refractivity contribution in [3.05, 3.63) is 0 Å². The highest BCUT2D eigenvalue weighted by atomic mass is 127. The zero-order chi connectivity index (χ0) is 13.8. The summed E-state index contributed by atoms with van der Waals surface area (Å²) >= 11 is 0. The molecule has 2 aliphatic heterocycles. The average molecular weight is 408 g/mol. The van der Waals surface area contributed by atoms with Gasteiger partial charge in [0.05, 0.1) is 13.2 Å². The number of hydrogen-bond donors (Lipinski definition) is 1. The highest BCUT2D eigenvalue weighted by Gasteiger charge is 2.31. The van der Waals surface area contributed by atoms with Crippen molar-refractivity contribution in [1.82, 2.24) is 15.1 Å². The fourth-order valence-electron chi connectivity index (χ4n) is 3.30. The first-order valence-electron chi connectivity index (χ1n) is 8.24. The van der Waals surface area contributed by atoms with Crippen LogP contribution < -0.4 is 5.32 Å². The second-order valence-corrected chi connectivity index (χ2v) is 6.11. The van der Waals surface area contributed by atoms with Crippen molar-refractivity contribution in [3.63, 3.8) is 0 Å². The van der Waals surface area contributed by atoms with E-state index in [1.807, 2.05) is 0 Å². The molecule has 0 radical (unpaired) electrons. The van der Waals surface area contributed by atoms with Gasteiger partial charge in [0.15, 0.2) is 5.96 Å². The van der Waals surface area contributed by atoms with E-state index >= 15 is 0 Å². The fourth-order valence-corrected chi connectivity index (χ4v) is 3.30. The van der Waals surface area contributed by atoms with Crippen LogP contribution in [0.25, 0.3) is 0 Å². The standard InChI is InChI=1S/C15H28N4O.HI/c1-2-16-15(17-13-4-3-5-13)19-7-6-14(12-19)18-8-10-20-11-9-18;/h13-14H,2-12H2,1H3,(H,16,17);1H. The van der Waals surface area contributed by atoms with E-state index in [4.69, 9.17) is 9.73 Å². The Morgan fingerprint density at radius 2 is 1.95 bits per heavy atom. The molecular weight excluding hydrogens is 379 g/mol. The van der Waals surface area contributed by atoms with E-state index in [2.05, 4.69) is 22.0 Å². The maximum absolute atomic E-state index is 5.46. The van der Waals surface area contributed by atoms with Gasteiger partial charge in [0, 0.05) is 44.8 Å². The minimum atomic E-state index is 0. The van der Waals surface area contributed by atoms with Gasteiger partial charge in [-0.3, -0.25) is 9.89 Å². The molecule has 1 atom stereocenters. The maximum Gasteiger partial charge on any atom is 0.194 e. The van der Waals surface area contributed by atoms with Gasteiger partial charge in [0.2, 0.25) is 0 Å². The van der Waals surface area contributed by atoms with Crippen LogP contribution in [-0.4, -0.2) is 73.8 Å². The average Bonchev–Trinajstić information content (AvgIpc) is 2.92. The third-order valence-corrected chi connectivity index (χ3v) is 4.77. The predicted molar refractivity (Wildman–Crippen MR) is 96.5 cm³/mol. The third kappa shape index (κ3) is 4.45. The molecule has 0 spiro atoms. The second-order valence-electron chi connectivity index (χ2n) is 6.11. The van der Waals surface area contributed by atoms with Crippen LogP contribution in [0.4, 0.5) is 0 Å². The summed E-state index contributed by atoms with van der Waals surface area (Å²) in [4.78, 5) is 9.75. The molecule has 3 aliphatic rings. The van der Waals surface area contributed by atoms with Crippen LogP contribution in [0.15, 0.2) is 4.99 Å². The van der Waals surface area contributed by atoms with Crippen LogP contribution in [0.3, 0.4) is 0 Å². The number of rotatable bonds is 3. The summed E-state index contributed by atoms with van der Waals surface area (Å²) in [5.74, 6) is 1.15. The quantitative estimate of drug-likeness (QED) is 0.437. The molecule has 3 fully saturated rings. The summed E-state index contributed by atoms with van der Waals surface area (Å²) in [6.45, 7) is 9.23. The number of nitrogens with zero attached hydrogens (tertiary/aromatic N) is 3. The van der Waals surface area contributed by atoms with Gasteiger partial charge >= 0.3 is 0 Å². The molecule has 2 heterocycles. The van der Waals surface area contributed by atoms with Crippen molar-refractivity contribution in [3.8, 4) is 0 Å². The first kappa shape index (κ1) is 17.3. The number of halogens is 1. The van der Waals surface area contributed by atoms with Gasteiger partial charge in [-0.1, -0.05) is 0 Å². The molecular formula is C15H29IN4O. The molecule has 0 aromatic rings. The van der Waals surface area contributed by atoms with E-state index in [0.717, 1.165) is 51.9 Å². The van der Waals surface area contributed by atoms with Crippen LogP contribution in [0, 0.1) is 0 Å². The first-order chi connectivity index (χ1) is 9.86. The van der Waals surface area contributed by atoms with Crippen LogP contribution >= 0.6 is 24.0 Å². The Labute approximate surface area is 145 Å². The molecule has 0 bridgehead atoms. The number of morpholine rings is 1. The minimum absolute atomic E-state index is 0. The Morgan fingerprint density at radius 1 is 1.19 bits per heavy atom. The largest absolute Gasteiger partial charge is 0.379 e. The third-order valence-electron chi connectivity index (χ3n) is 4.77. The van der Waals surface area contributed by atoms with Gasteiger partial charge in [0.25, 0.3) is 0 Å². The molecule has 1 N–H and O–H groups in total. The number of likely N-dealkylation sites (tertiary alicyclic amines) is 1. The number of ether oxygens (including phenoxy) is 1. The molecule has 122 valence electrons. The Kier molecular flexibility index (Phi) is 7.01. The van der Waals surface area contributed by atoms with E-state index in [1.54, 1.807) is 0 Å². The molecule has 1 saturated carbocycles.